The smallest absolute Gasteiger partial charge is 0.311 e. The lowest BCUT2D eigenvalue weighted by molar-refractivity contribution is -0.385. The molecule has 0 spiro atoms. The van der Waals surface area contributed by atoms with Gasteiger partial charge in [-0.2, -0.15) is 0 Å². The highest BCUT2D eigenvalue weighted by molar-refractivity contribution is 5.63. The first-order valence-electron chi connectivity index (χ1n) is 8.53. The molecule has 138 valence electrons. The first-order valence-corrected chi connectivity index (χ1v) is 8.53. The van der Waals surface area contributed by atoms with Crippen LogP contribution in [-0.2, 0) is 0 Å². The zero-order valence-electron chi connectivity index (χ0n) is 14.5. The third kappa shape index (κ3) is 2.79. The minimum absolute atomic E-state index is 0.0345. The molecule has 8 nitrogen and oxygen atoms in total. The maximum absolute atomic E-state index is 11.4. The number of nitro groups is 2. The number of nitrogens with one attached hydrogen (secondary N) is 1. The second-order valence-electron chi connectivity index (χ2n) is 6.69. The van der Waals surface area contributed by atoms with Gasteiger partial charge in [-0.15, -0.1) is 0 Å². The van der Waals surface area contributed by atoms with Gasteiger partial charge in [0.2, 0.25) is 0 Å². The first kappa shape index (κ1) is 17.0. The van der Waals surface area contributed by atoms with Crippen molar-refractivity contribution in [3.8, 4) is 5.75 Å². The van der Waals surface area contributed by atoms with Gasteiger partial charge in [0.25, 0.3) is 5.69 Å². The Bertz CT molecular complexity index is 972. The lowest BCUT2D eigenvalue weighted by atomic mass is 9.77. The zero-order chi connectivity index (χ0) is 19.1. The van der Waals surface area contributed by atoms with E-state index >= 15 is 0 Å². The number of ether oxygens (including phenoxy) is 1. The summed E-state index contributed by atoms with van der Waals surface area (Å²) in [6, 6.07) is 9.64. The van der Waals surface area contributed by atoms with Crippen LogP contribution < -0.4 is 10.1 Å². The van der Waals surface area contributed by atoms with E-state index in [0.29, 0.717) is 0 Å². The number of methoxy groups -OCH3 is 1. The zero-order valence-corrected chi connectivity index (χ0v) is 14.5. The summed E-state index contributed by atoms with van der Waals surface area (Å²) >= 11 is 0. The number of non-ortho nitro benzene ring substituents is 1. The summed E-state index contributed by atoms with van der Waals surface area (Å²) in [6.07, 6.45) is 4.93. The monoisotopic (exact) mass is 367 g/mol. The van der Waals surface area contributed by atoms with Crippen LogP contribution >= 0.6 is 0 Å². The van der Waals surface area contributed by atoms with Crippen LogP contribution in [0.25, 0.3) is 0 Å². The van der Waals surface area contributed by atoms with Gasteiger partial charge in [0.05, 0.1) is 23.0 Å². The third-order valence-corrected chi connectivity index (χ3v) is 5.32. The van der Waals surface area contributed by atoms with E-state index in [1.54, 1.807) is 24.3 Å². The summed E-state index contributed by atoms with van der Waals surface area (Å²) in [6.45, 7) is 0. The van der Waals surface area contributed by atoms with Gasteiger partial charge in [-0.25, -0.2) is 0 Å². The van der Waals surface area contributed by atoms with E-state index < -0.39 is 9.85 Å². The number of hydrogen-bond donors (Lipinski definition) is 1. The van der Waals surface area contributed by atoms with Crippen LogP contribution in [-0.4, -0.2) is 17.0 Å². The quantitative estimate of drug-likeness (QED) is 0.489. The Morgan fingerprint density at radius 3 is 2.63 bits per heavy atom. The lowest BCUT2D eigenvalue weighted by Gasteiger charge is -2.37. The number of allylic oxidation sites excluding steroid dienone is 2. The van der Waals surface area contributed by atoms with Gasteiger partial charge in [0, 0.05) is 29.8 Å². The van der Waals surface area contributed by atoms with Crippen LogP contribution in [0.5, 0.6) is 5.75 Å². The Morgan fingerprint density at radius 1 is 1.11 bits per heavy atom. The molecule has 0 aromatic heterocycles. The molecule has 1 N–H and O–H groups in total. The maximum atomic E-state index is 11.4. The molecule has 1 aliphatic heterocycles. The van der Waals surface area contributed by atoms with Crippen molar-refractivity contribution in [2.75, 3.05) is 12.4 Å². The molecule has 27 heavy (non-hydrogen) atoms. The summed E-state index contributed by atoms with van der Waals surface area (Å²) in [7, 11) is 1.40. The Balaban J connectivity index is 1.77. The number of nitrogens with zero attached hydrogens (tertiary/aromatic N) is 2. The fourth-order valence-electron chi connectivity index (χ4n) is 4.07. The molecular formula is C19H17N3O5. The summed E-state index contributed by atoms with van der Waals surface area (Å²) in [4.78, 5) is 21.6. The van der Waals surface area contributed by atoms with Gasteiger partial charge >= 0.3 is 5.69 Å². The van der Waals surface area contributed by atoms with Crippen molar-refractivity contribution in [3.63, 3.8) is 0 Å². The molecule has 4 rings (SSSR count). The number of benzene rings is 2. The summed E-state index contributed by atoms with van der Waals surface area (Å²) < 4.78 is 5.09. The van der Waals surface area contributed by atoms with E-state index in [-0.39, 0.29) is 35.0 Å². The summed E-state index contributed by atoms with van der Waals surface area (Å²) in [5, 5.41) is 25.9. The third-order valence-electron chi connectivity index (χ3n) is 5.32. The molecule has 0 fully saturated rings. The average molecular weight is 367 g/mol. The topological polar surface area (TPSA) is 108 Å². The maximum Gasteiger partial charge on any atom is 0.311 e. The van der Waals surface area contributed by atoms with Crippen molar-refractivity contribution in [2.24, 2.45) is 5.92 Å². The molecular weight excluding hydrogens is 350 g/mol. The van der Waals surface area contributed by atoms with Crippen LogP contribution in [0.1, 0.15) is 29.5 Å². The minimum Gasteiger partial charge on any atom is -0.490 e. The molecule has 0 saturated carbocycles. The van der Waals surface area contributed by atoms with Gasteiger partial charge in [0.15, 0.2) is 5.75 Å². The molecule has 0 bridgehead atoms. The standard InChI is InChI=1S/C19H17N3O5/c1-27-18-8-5-11(9-17(18)22(25)26)19-14-4-2-3-13(14)15-10-12(21(23)24)6-7-16(15)20-19/h2-3,5-10,13-14,19-20H,4H2,1H3/t13-,14-,19-/m1/s1. The SMILES string of the molecule is COc1ccc([C@H]2Nc3ccc([N+](=O)[O-])cc3[C@@H]3C=CC[C@@H]23)cc1[N+](=O)[O-]. The van der Waals surface area contributed by atoms with Crippen LogP contribution in [0.2, 0.25) is 0 Å². The highest BCUT2D eigenvalue weighted by Gasteiger charge is 2.39. The van der Waals surface area contributed by atoms with Crippen molar-refractivity contribution >= 4 is 17.1 Å². The van der Waals surface area contributed by atoms with Crippen molar-refractivity contribution in [1.82, 2.24) is 0 Å². The number of rotatable bonds is 4. The van der Waals surface area contributed by atoms with E-state index in [4.69, 9.17) is 4.74 Å². The highest BCUT2D eigenvalue weighted by atomic mass is 16.6. The van der Waals surface area contributed by atoms with Gasteiger partial charge in [0.1, 0.15) is 0 Å². The summed E-state index contributed by atoms with van der Waals surface area (Å²) in [5.41, 5.74) is 2.49. The number of hydrogen-bond acceptors (Lipinski definition) is 6. The molecule has 2 aromatic rings. The van der Waals surface area contributed by atoms with Gasteiger partial charge in [-0.1, -0.05) is 18.2 Å². The second kappa shape index (κ2) is 6.39. The van der Waals surface area contributed by atoms with Crippen LogP contribution in [0.3, 0.4) is 0 Å². The second-order valence-corrected chi connectivity index (χ2v) is 6.69. The van der Waals surface area contributed by atoms with Crippen molar-refractivity contribution < 1.29 is 14.6 Å². The van der Waals surface area contributed by atoms with Crippen LogP contribution in [0.4, 0.5) is 17.1 Å². The molecule has 8 heteroatoms. The molecule has 1 aliphatic carbocycles. The molecule has 0 amide bonds. The fourth-order valence-corrected chi connectivity index (χ4v) is 4.07. The highest BCUT2D eigenvalue weighted by Crippen LogP contribution is 2.51. The molecule has 2 aromatic carbocycles. The number of anilines is 1. The molecule has 3 atom stereocenters. The van der Waals surface area contributed by atoms with E-state index in [9.17, 15) is 20.2 Å². The summed E-state index contributed by atoms with van der Waals surface area (Å²) in [5.74, 6) is 0.386. The van der Waals surface area contributed by atoms with Gasteiger partial charge in [-0.3, -0.25) is 20.2 Å². The predicted molar refractivity (Wildman–Crippen MR) is 99.1 cm³/mol. The Morgan fingerprint density at radius 2 is 1.93 bits per heavy atom. The molecule has 2 aliphatic rings. The Kier molecular flexibility index (Phi) is 4.02. The van der Waals surface area contributed by atoms with Crippen molar-refractivity contribution in [2.45, 2.75) is 18.4 Å². The normalized spacial score (nSPS) is 22.5. The van der Waals surface area contributed by atoms with Crippen molar-refractivity contribution in [3.05, 3.63) is 79.9 Å². The van der Waals surface area contributed by atoms with E-state index in [1.807, 2.05) is 6.07 Å². The van der Waals surface area contributed by atoms with Crippen LogP contribution in [0.15, 0.2) is 48.6 Å². The van der Waals surface area contributed by atoms with Gasteiger partial charge < -0.3 is 10.1 Å². The van der Waals surface area contributed by atoms with Gasteiger partial charge in [-0.05, 0) is 35.6 Å². The molecule has 0 unspecified atom stereocenters. The molecule has 1 heterocycles. The molecule has 0 saturated heterocycles. The van der Waals surface area contributed by atoms with E-state index in [0.717, 1.165) is 23.2 Å². The minimum atomic E-state index is -0.452. The average Bonchev–Trinajstić information content (AvgIpc) is 3.16. The largest absolute Gasteiger partial charge is 0.490 e. The first-order chi connectivity index (χ1) is 13.0. The Hall–Kier alpha value is -3.42. The predicted octanol–water partition coefficient (Wildman–Crippen LogP) is 4.34. The number of nitro benzene ring substituents is 2. The molecule has 0 radical (unpaired) electrons. The lowest BCUT2D eigenvalue weighted by Crippen LogP contribution is -2.29. The number of fused-ring (bicyclic) bond motifs is 3. The van der Waals surface area contributed by atoms with Crippen molar-refractivity contribution in [1.29, 1.82) is 0 Å². The Labute approximate surface area is 154 Å². The van der Waals surface area contributed by atoms with Crippen LogP contribution in [0, 0.1) is 26.1 Å². The fraction of sp³-hybridized carbons (Fsp3) is 0.263. The van der Waals surface area contributed by atoms with E-state index in [2.05, 4.69) is 17.5 Å². The van der Waals surface area contributed by atoms with E-state index in [1.165, 1.54) is 13.2 Å².